The van der Waals surface area contributed by atoms with Crippen molar-refractivity contribution < 1.29 is 4.74 Å². The Balaban J connectivity index is 0.000000980. The number of ether oxygens (including phenoxy) is 1. The van der Waals surface area contributed by atoms with Crippen LogP contribution in [-0.4, -0.2) is 12.6 Å². The molecule has 1 fully saturated rings. The van der Waals surface area contributed by atoms with Crippen LogP contribution in [-0.2, 0) is 4.74 Å². The van der Waals surface area contributed by atoms with Crippen LogP contribution in [0.2, 0.25) is 0 Å². The molecule has 14 heavy (non-hydrogen) atoms. The predicted octanol–water partition coefficient (Wildman–Crippen LogP) is 2.29. The van der Waals surface area contributed by atoms with Gasteiger partial charge >= 0.3 is 0 Å². The molecule has 78 valence electrons. The number of halogens is 1. The van der Waals surface area contributed by atoms with Crippen molar-refractivity contribution in [2.75, 3.05) is 6.54 Å². The second kappa shape index (κ2) is 5.35. The van der Waals surface area contributed by atoms with Gasteiger partial charge in [-0.25, -0.2) is 0 Å². The van der Waals surface area contributed by atoms with Gasteiger partial charge in [0.05, 0.1) is 12.2 Å². The van der Waals surface area contributed by atoms with Crippen molar-refractivity contribution in [2.24, 2.45) is 5.73 Å². The normalized spacial score (nSPS) is 25.8. The van der Waals surface area contributed by atoms with E-state index in [1.54, 1.807) is 0 Å². The first-order valence-electron chi connectivity index (χ1n) is 4.80. The topological polar surface area (TPSA) is 35.2 Å². The standard InChI is InChI=1S/C11H15NO.ClH/c12-8-10-6-7-11(13-10)9-4-2-1-3-5-9;/h1-5,10-11H,6-8,12H2;1H/t10-,11+;/m1./s1. The Morgan fingerprint density at radius 3 is 2.50 bits per heavy atom. The fourth-order valence-corrected chi connectivity index (χ4v) is 1.79. The Bertz CT molecular complexity index is 265. The van der Waals surface area contributed by atoms with Crippen molar-refractivity contribution in [3.05, 3.63) is 35.9 Å². The monoisotopic (exact) mass is 213 g/mol. The summed E-state index contributed by atoms with van der Waals surface area (Å²) in [6, 6.07) is 10.4. The largest absolute Gasteiger partial charge is 0.369 e. The molecule has 0 amide bonds. The molecule has 0 bridgehead atoms. The second-order valence-electron chi connectivity index (χ2n) is 3.47. The lowest BCUT2D eigenvalue weighted by atomic mass is 10.1. The lowest BCUT2D eigenvalue weighted by molar-refractivity contribution is 0.0498. The van der Waals surface area contributed by atoms with E-state index in [2.05, 4.69) is 24.3 Å². The fourth-order valence-electron chi connectivity index (χ4n) is 1.79. The van der Waals surface area contributed by atoms with Gasteiger partial charge in [-0.15, -0.1) is 12.4 Å². The van der Waals surface area contributed by atoms with Crippen LogP contribution in [0.4, 0.5) is 0 Å². The van der Waals surface area contributed by atoms with Gasteiger partial charge in [0.15, 0.2) is 0 Å². The molecule has 0 saturated carbocycles. The van der Waals surface area contributed by atoms with Crippen LogP contribution in [0.5, 0.6) is 0 Å². The summed E-state index contributed by atoms with van der Waals surface area (Å²) in [6.45, 7) is 0.642. The van der Waals surface area contributed by atoms with Crippen molar-refractivity contribution in [3.63, 3.8) is 0 Å². The van der Waals surface area contributed by atoms with Gasteiger partial charge in [-0.2, -0.15) is 0 Å². The predicted molar refractivity (Wildman–Crippen MR) is 59.6 cm³/mol. The van der Waals surface area contributed by atoms with Gasteiger partial charge in [-0.3, -0.25) is 0 Å². The Hall–Kier alpha value is -0.570. The van der Waals surface area contributed by atoms with Gasteiger partial charge in [-0.1, -0.05) is 30.3 Å². The highest BCUT2D eigenvalue weighted by molar-refractivity contribution is 5.85. The summed E-state index contributed by atoms with van der Waals surface area (Å²) in [5.74, 6) is 0. The van der Waals surface area contributed by atoms with E-state index >= 15 is 0 Å². The minimum Gasteiger partial charge on any atom is -0.369 e. The average Bonchev–Trinajstić information content (AvgIpc) is 2.67. The first-order chi connectivity index (χ1) is 6.40. The van der Waals surface area contributed by atoms with Crippen LogP contribution in [0, 0.1) is 0 Å². The highest BCUT2D eigenvalue weighted by atomic mass is 35.5. The van der Waals surface area contributed by atoms with E-state index in [1.807, 2.05) is 6.07 Å². The Labute approximate surface area is 90.9 Å². The maximum absolute atomic E-state index is 5.77. The molecule has 0 aliphatic carbocycles. The van der Waals surface area contributed by atoms with Crippen molar-refractivity contribution in [1.29, 1.82) is 0 Å². The van der Waals surface area contributed by atoms with Crippen LogP contribution in [0.25, 0.3) is 0 Å². The summed E-state index contributed by atoms with van der Waals surface area (Å²) in [6.07, 6.45) is 2.74. The molecule has 2 rings (SSSR count). The molecule has 1 aromatic rings. The SMILES string of the molecule is Cl.NC[C@H]1CC[C@@H](c2ccccc2)O1. The molecular weight excluding hydrogens is 198 g/mol. The summed E-state index contributed by atoms with van der Waals surface area (Å²) in [7, 11) is 0. The van der Waals surface area contributed by atoms with Gasteiger partial charge < -0.3 is 10.5 Å². The molecular formula is C11H16ClNO. The number of benzene rings is 1. The molecule has 2 nitrogen and oxygen atoms in total. The zero-order chi connectivity index (χ0) is 9.10. The fraction of sp³-hybridized carbons (Fsp3) is 0.455. The Kier molecular flexibility index (Phi) is 4.39. The van der Waals surface area contributed by atoms with Crippen molar-refractivity contribution >= 4 is 12.4 Å². The molecule has 0 spiro atoms. The molecule has 1 saturated heterocycles. The summed E-state index contributed by atoms with van der Waals surface area (Å²) >= 11 is 0. The number of hydrogen-bond acceptors (Lipinski definition) is 2. The minimum absolute atomic E-state index is 0. The van der Waals surface area contributed by atoms with E-state index in [4.69, 9.17) is 10.5 Å². The number of nitrogens with two attached hydrogens (primary N) is 1. The average molecular weight is 214 g/mol. The first kappa shape index (κ1) is 11.5. The van der Waals surface area contributed by atoms with Crippen LogP contribution >= 0.6 is 12.4 Å². The van der Waals surface area contributed by atoms with E-state index < -0.39 is 0 Å². The zero-order valence-corrected chi connectivity index (χ0v) is 8.87. The summed E-state index contributed by atoms with van der Waals surface area (Å²) in [5.41, 5.74) is 6.83. The molecule has 0 unspecified atom stereocenters. The third-order valence-corrected chi connectivity index (χ3v) is 2.54. The Morgan fingerprint density at radius 1 is 1.21 bits per heavy atom. The highest BCUT2D eigenvalue weighted by Crippen LogP contribution is 2.31. The van der Waals surface area contributed by atoms with E-state index in [-0.39, 0.29) is 24.6 Å². The smallest absolute Gasteiger partial charge is 0.0830 e. The van der Waals surface area contributed by atoms with E-state index in [1.165, 1.54) is 5.56 Å². The molecule has 0 radical (unpaired) electrons. The van der Waals surface area contributed by atoms with Crippen molar-refractivity contribution in [1.82, 2.24) is 0 Å². The van der Waals surface area contributed by atoms with Gasteiger partial charge in [-0.05, 0) is 18.4 Å². The zero-order valence-electron chi connectivity index (χ0n) is 8.06. The molecule has 1 aliphatic rings. The second-order valence-corrected chi connectivity index (χ2v) is 3.47. The van der Waals surface area contributed by atoms with Gasteiger partial charge in [0.1, 0.15) is 0 Å². The van der Waals surface area contributed by atoms with Crippen LogP contribution in [0.15, 0.2) is 30.3 Å². The third kappa shape index (κ3) is 2.47. The van der Waals surface area contributed by atoms with Gasteiger partial charge in [0.25, 0.3) is 0 Å². The van der Waals surface area contributed by atoms with Crippen LogP contribution in [0.1, 0.15) is 24.5 Å². The van der Waals surface area contributed by atoms with Crippen molar-refractivity contribution in [3.8, 4) is 0 Å². The molecule has 1 aliphatic heterocycles. The van der Waals surface area contributed by atoms with Gasteiger partial charge in [0.2, 0.25) is 0 Å². The molecule has 1 aromatic carbocycles. The Morgan fingerprint density at radius 2 is 1.93 bits per heavy atom. The maximum atomic E-state index is 5.77. The quantitative estimate of drug-likeness (QED) is 0.818. The lowest BCUT2D eigenvalue weighted by Crippen LogP contribution is -2.18. The third-order valence-electron chi connectivity index (χ3n) is 2.54. The number of rotatable bonds is 2. The van der Waals surface area contributed by atoms with E-state index in [0.29, 0.717) is 6.54 Å². The van der Waals surface area contributed by atoms with Gasteiger partial charge in [0, 0.05) is 6.54 Å². The maximum Gasteiger partial charge on any atom is 0.0830 e. The summed E-state index contributed by atoms with van der Waals surface area (Å²) < 4.78 is 5.77. The summed E-state index contributed by atoms with van der Waals surface area (Å²) in [5, 5.41) is 0. The molecule has 1 heterocycles. The molecule has 3 heteroatoms. The highest BCUT2D eigenvalue weighted by Gasteiger charge is 2.24. The van der Waals surface area contributed by atoms with Crippen molar-refractivity contribution in [2.45, 2.75) is 25.0 Å². The minimum atomic E-state index is 0. The number of hydrogen-bond donors (Lipinski definition) is 1. The molecule has 2 atom stereocenters. The summed E-state index contributed by atoms with van der Waals surface area (Å²) in [4.78, 5) is 0. The van der Waals surface area contributed by atoms with Crippen LogP contribution in [0.3, 0.4) is 0 Å². The van der Waals surface area contributed by atoms with E-state index in [9.17, 15) is 0 Å². The van der Waals surface area contributed by atoms with Crippen LogP contribution < -0.4 is 5.73 Å². The molecule has 0 aromatic heterocycles. The lowest BCUT2D eigenvalue weighted by Gasteiger charge is -2.12. The first-order valence-corrected chi connectivity index (χ1v) is 4.80. The molecule has 2 N–H and O–H groups in total. The van der Waals surface area contributed by atoms with E-state index in [0.717, 1.165) is 12.8 Å².